The van der Waals surface area contributed by atoms with Gasteiger partial charge in [0.1, 0.15) is 5.82 Å². The van der Waals surface area contributed by atoms with Gasteiger partial charge in [0.25, 0.3) is 0 Å². The molecule has 2 aromatic rings. The molecule has 1 saturated heterocycles. The Bertz CT molecular complexity index is 791. The predicted molar refractivity (Wildman–Crippen MR) is 109 cm³/mol. The first-order chi connectivity index (χ1) is 12.9. The maximum Gasteiger partial charge on any atom is 0.241 e. The van der Waals surface area contributed by atoms with Gasteiger partial charge in [-0.3, -0.25) is 9.69 Å². The van der Waals surface area contributed by atoms with Crippen LogP contribution in [0, 0.1) is 19.7 Å². The highest BCUT2D eigenvalue weighted by Gasteiger charge is 2.24. The number of rotatable bonds is 4. The number of carbonyl (C=O) groups is 1. The van der Waals surface area contributed by atoms with Gasteiger partial charge in [-0.25, -0.2) is 4.39 Å². The number of carbonyl (C=O) groups excluding carboxylic acids is 1. The zero-order valence-electron chi connectivity index (χ0n) is 16.3. The smallest absolute Gasteiger partial charge is 0.241 e. The molecule has 1 N–H and O–H groups in total. The van der Waals surface area contributed by atoms with E-state index in [9.17, 15) is 9.18 Å². The van der Waals surface area contributed by atoms with Gasteiger partial charge >= 0.3 is 0 Å². The van der Waals surface area contributed by atoms with Crippen molar-refractivity contribution in [3.05, 3.63) is 59.4 Å². The van der Waals surface area contributed by atoms with Gasteiger partial charge in [-0.1, -0.05) is 17.7 Å². The molecule has 4 nitrogen and oxygen atoms in total. The van der Waals surface area contributed by atoms with Crippen molar-refractivity contribution in [3.63, 3.8) is 0 Å². The van der Waals surface area contributed by atoms with Gasteiger partial charge in [0.2, 0.25) is 5.91 Å². The highest BCUT2D eigenvalue weighted by molar-refractivity contribution is 5.95. The van der Waals surface area contributed by atoms with Gasteiger partial charge in [0, 0.05) is 37.6 Å². The minimum Gasteiger partial charge on any atom is -0.370 e. The van der Waals surface area contributed by atoms with E-state index in [2.05, 4.69) is 21.2 Å². The average molecular weight is 369 g/mol. The molecule has 0 spiro atoms. The van der Waals surface area contributed by atoms with Crippen LogP contribution >= 0.6 is 0 Å². The molecule has 1 heterocycles. The van der Waals surface area contributed by atoms with Crippen molar-refractivity contribution in [2.24, 2.45) is 0 Å². The quantitative estimate of drug-likeness (QED) is 0.885. The van der Waals surface area contributed by atoms with E-state index in [0.717, 1.165) is 49.5 Å². The summed E-state index contributed by atoms with van der Waals surface area (Å²) in [6.07, 6.45) is 0.971. The predicted octanol–water partition coefficient (Wildman–Crippen LogP) is 3.98. The van der Waals surface area contributed by atoms with Gasteiger partial charge in [-0.2, -0.15) is 0 Å². The summed E-state index contributed by atoms with van der Waals surface area (Å²) >= 11 is 0. The van der Waals surface area contributed by atoms with Crippen LogP contribution in [0.4, 0.5) is 15.8 Å². The monoisotopic (exact) mass is 369 g/mol. The molecule has 1 atom stereocenters. The Kier molecular flexibility index (Phi) is 6.11. The maximum absolute atomic E-state index is 13.1. The average Bonchev–Trinajstić information content (AvgIpc) is 2.90. The van der Waals surface area contributed by atoms with Crippen molar-refractivity contribution in [3.8, 4) is 0 Å². The molecule has 144 valence electrons. The molecule has 27 heavy (non-hydrogen) atoms. The number of benzene rings is 2. The molecule has 5 heteroatoms. The lowest BCUT2D eigenvalue weighted by atomic mass is 10.1. The van der Waals surface area contributed by atoms with Crippen LogP contribution < -0.4 is 10.2 Å². The zero-order chi connectivity index (χ0) is 19.4. The first-order valence-electron chi connectivity index (χ1n) is 9.57. The Balaban J connectivity index is 1.60. The third-order valence-corrected chi connectivity index (χ3v) is 5.29. The summed E-state index contributed by atoms with van der Waals surface area (Å²) in [4.78, 5) is 17.2. The molecule has 0 aromatic heterocycles. The van der Waals surface area contributed by atoms with E-state index in [0.29, 0.717) is 0 Å². The topological polar surface area (TPSA) is 35.6 Å². The standard InChI is InChI=1S/C22H28FN3O/c1-16-5-10-21(17(2)15-16)24-22(27)18(3)25-11-4-12-26(14-13-25)20-8-6-19(23)7-9-20/h5-10,15,18H,4,11-14H2,1-3H3,(H,24,27). The molecule has 0 radical (unpaired) electrons. The van der Waals surface area contributed by atoms with Crippen molar-refractivity contribution in [2.75, 3.05) is 36.4 Å². The molecule has 1 aliphatic heterocycles. The molecular formula is C22H28FN3O. The van der Waals surface area contributed by atoms with E-state index in [-0.39, 0.29) is 17.8 Å². The van der Waals surface area contributed by atoms with Gasteiger partial charge in [0.15, 0.2) is 0 Å². The molecular weight excluding hydrogens is 341 g/mol. The van der Waals surface area contributed by atoms with Crippen molar-refractivity contribution in [1.29, 1.82) is 0 Å². The number of halogens is 1. The molecule has 1 amide bonds. The maximum atomic E-state index is 13.1. The Hall–Kier alpha value is -2.40. The van der Waals surface area contributed by atoms with Crippen molar-refractivity contribution >= 4 is 17.3 Å². The first kappa shape index (κ1) is 19.4. The summed E-state index contributed by atoms with van der Waals surface area (Å²) in [6.45, 7) is 9.44. The second-order valence-electron chi connectivity index (χ2n) is 7.34. The summed E-state index contributed by atoms with van der Waals surface area (Å²) in [7, 11) is 0. The molecule has 1 fully saturated rings. The second kappa shape index (κ2) is 8.53. The third kappa shape index (κ3) is 4.86. The summed E-state index contributed by atoms with van der Waals surface area (Å²) < 4.78 is 13.1. The molecule has 3 rings (SSSR count). The van der Waals surface area contributed by atoms with E-state index < -0.39 is 0 Å². The van der Waals surface area contributed by atoms with Crippen LogP contribution in [0.25, 0.3) is 0 Å². The Morgan fingerprint density at radius 2 is 1.78 bits per heavy atom. The Morgan fingerprint density at radius 3 is 2.48 bits per heavy atom. The molecule has 1 unspecified atom stereocenters. The van der Waals surface area contributed by atoms with Gasteiger partial charge < -0.3 is 10.2 Å². The van der Waals surface area contributed by atoms with Crippen LogP contribution in [0.15, 0.2) is 42.5 Å². The molecule has 0 bridgehead atoms. The summed E-state index contributed by atoms with van der Waals surface area (Å²) in [5, 5.41) is 3.07. The highest BCUT2D eigenvalue weighted by Crippen LogP contribution is 2.19. The molecule has 2 aromatic carbocycles. The van der Waals surface area contributed by atoms with Crippen molar-refractivity contribution in [1.82, 2.24) is 4.90 Å². The molecule has 0 saturated carbocycles. The largest absolute Gasteiger partial charge is 0.370 e. The van der Waals surface area contributed by atoms with Crippen molar-refractivity contribution < 1.29 is 9.18 Å². The second-order valence-corrected chi connectivity index (χ2v) is 7.34. The van der Waals surface area contributed by atoms with E-state index in [4.69, 9.17) is 0 Å². The fourth-order valence-electron chi connectivity index (χ4n) is 3.59. The van der Waals surface area contributed by atoms with Gasteiger partial charge in [-0.15, -0.1) is 0 Å². The summed E-state index contributed by atoms with van der Waals surface area (Å²) in [5.41, 5.74) is 4.17. The van der Waals surface area contributed by atoms with Crippen LogP contribution in [0.3, 0.4) is 0 Å². The Labute approximate surface area is 161 Å². The fourth-order valence-corrected chi connectivity index (χ4v) is 3.59. The van der Waals surface area contributed by atoms with Crippen LogP contribution in [0.2, 0.25) is 0 Å². The first-order valence-corrected chi connectivity index (χ1v) is 9.57. The normalized spacial score (nSPS) is 16.7. The summed E-state index contributed by atoms with van der Waals surface area (Å²) in [6, 6.07) is 12.5. The number of nitrogens with one attached hydrogen (secondary N) is 1. The van der Waals surface area contributed by atoms with E-state index in [1.165, 1.54) is 17.7 Å². The minimum absolute atomic E-state index is 0.0252. The fraction of sp³-hybridized carbons (Fsp3) is 0.409. The van der Waals surface area contributed by atoms with Gasteiger partial charge in [0.05, 0.1) is 6.04 Å². The lowest BCUT2D eigenvalue weighted by Crippen LogP contribution is -2.44. The van der Waals surface area contributed by atoms with E-state index in [1.54, 1.807) is 0 Å². The number of anilines is 2. The van der Waals surface area contributed by atoms with E-state index >= 15 is 0 Å². The summed E-state index contributed by atoms with van der Waals surface area (Å²) in [5.74, 6) is -0.191. The number of hydrogen-bond donors (Lipinski definition) is 1. The SMILES string of the molecule is Cc1ccc(NC(=O)C(C)N2CCCN(c3ccc(F)cc3)CC2)c(C)c1. The number of nitrogens with zero attached hydrogens (tertiary/aromatic N) is 2. The highest BCUT2D eigenvalue weighted by atomic mass is 19.1. The molecule has 1 aliphatic rings. The van der Waals surface area contributed by atoms with Crippen LogP contribution in [0.1, 0.15) is 24.5 Å². The van der Waals surface area contributed by atoms with Crippen LogP contribution in [0.5, 0.6) is 0 Å². The number of hydrogen-bond acceptors (Lipinski definition) is 3. The lowest BCUT2D eigenvalue weighted by Gasteiger charge is -2.27. The van der Waals surface area contributed by atoms with Gasteiger partial charge in [-0.05, 0) is 63.1 Å². The van der Waals surface area contributed by atoms with Crippen LogP contribution in [-0.4, -0.2) is 43.0 Å². The van der Waals surface area contributed by atoms with Crippen molar-refractivity contribution in [2.45, 2.75) is 33.2 Å². The number of amides is 1. The number of aryl methyl sites for hydroxylation is 2. The molecule has 0 aliphatic carbocycles. The minimum atomic E-state index is -0.216. The lowest BCUT2D eigenvalue weighted by molar-refractivity contribution is -0.120. The zero-order valence-corrected chi connectivity index (χ0v) is 16.3. The van der Waals surface area contributed by atoms with Crippen LogP contribution in [-0.2, 0) is 4.79 Å². The Morgan fingerprint density at radius 1 is 1.04 bits per heavy atom. The van der Waals surface area contributed by atoms with E-state index in [1.807, 2.05) is 45.0 Å². The third-order valence-electron chi connectivity index (χ3n) is 5.29.